The summed E-state index contributed by atoms with van der Waals surface area (Å²) >= 11 is 0. The molecule has 22 heavy (non-hydrogen) atoms. The summed E-state index contributed by atoms with van der Waals surface area (Å²) in [5, 5.41) is 3.28. The van der Waals surface area contributed by atoms with Crippen LogP contribution in [0.25, 0.3) is 0 Å². The van der Waals surface area contributed by atoms with Gasteiger partial charge in [0.2, 0.25) is 15.9 Å². The molecule has 2 rings (SSSR count). The topological polar surface area (TPSA) is 87.7 Å². The molecule has 0 aromatic heterocycles. The number of carbonyl (C=O) groups is 1. The Labute approximate surface area is 138 Å². The van der Waals surface area contributed by atoms with Gasteiger partial charge in [0.25, 0.3) is 0 Å². The fraction of sp³-hybridized carbons (Fsp3) is 0.923. The van der Waals surface area contributed by atoms with E-state index in [1.807, 2.05) is 4.90 Å². The van der Waals surface area contributed by atoms with E-state index in [-0.39, 0.29) is 30.4 Å². The summed E-state index contributed by atoms with van der Waals surface area (Å²) in [6.45, 7) is 3.04. The number of hydrogen-bond acceptors (Lipinski definition) is 5. The summed E-state index contributed by atoms with van der Waals surface area (Å²) < 4.78 is 30.3. The molecule has 9 heteroatoms. The van der Waals surface area contributed by atoms with Crippen LogP contribution in [0.2, 0.25) is 0 Å². The molecule has 2 atom stereocenters. The van der Waals surface area contributed by atoms with Crippen LogP contribution in [0, 0.1) is 0 Å². The molecule has 2 aliphatic heterocycles. The van der Waals surface area contributed by atoms with Crippen LogP contribution in [0.3, 0.4) is 0 Å². The average Bonchev–Trinajstić information content (AvgIpc) is 2.46. The van der Waals surface area contributed by atoms with Crippen molar-refractivity contribution in [1.29, 1.82) is 0 Å². The Morgan fingerprint density at radius 1 is 1.41 bits per heavy atom. The van der Waals surface area contributed by atoms with E-state index in [0.717, 1.165) is 32.1 Å². The minimum Gasteiger partial charge on any atom is -0.378 e. The van der Waals surface area contributed by atoms with E-state index in [0.29, 0.717) is 32.7 Å². The highest BCUT2D eigenvalue weighted by Gasteiger charge is 2.29. The summed E-state index contributed by atoms with van der Waals surface area (Å²) in [4.78, 5) is 14.3. The Morgan fingerprint density at radius 3 is 2.82 bits per heavy atom. The second-order valence-electron chi connectivity index (χ2n) is 5.79. The van der Waals surface area contributed by atoms with Crippen molar-refractivity contribution >= 4 is 28.3 Å². The maximum atomic E-state index is 12.5. The predicted octanol–water partition coefficient (Wildman–Crippen LogP) is -0.283. The van der Waals surface area contributed by atoms with Gasteiger partial charge in [-0.3, -0.25) is 4.79 Å². The molecule has 0 radical (unpaired) electrons. The molecule has 0 aromatic carbocycles. The van der Waals surface area contributed by atoms with Gasteiger partial charge < -0.3 is 15.0 Å². The lowest BCUT2D eigenvalue weighted by atomic mass is 10.0. The molecule has 0 saturated carbocycles. The first-order valence-corrected chi connectivity index (χ1v) is 9.40. The van der Waals surface area contributed by atoms with Crippen molar-refractivity contribution in [2.45, 2.75) is 37.8 Å². The summed E-state index contributed by atoms with van der Waals surface area (Å²) in [5.74, 6) is 0.0815. The van der Waals surface area contributed by atoms with Gasteiger partial charge >= 0.3 is 0 Å². The first-order valence-electron chi connectivity index (χ1n) is 7.51. The van der Waals surface area contributed by atoms with Crippen molar-refractivity contribution in [3.05, 3.63) is 0 Å². The van der Waals surface area contributed by atoms with Gasteiger partial charge in [-0.05, 0) is 19.3 Å². The van der Waals surface area contributed by atoms with Gasteiger partial charge in [-0.25, -0.2) is 13.1 Å². The van der Waals surface area contributed by atoms with Gasteiger partial charge in [0.1, 0.15) is 0 Å². The standard InChI is InChI=1S/C13H25N3O4S.ClH/c1-21(18,19)15-9-12-4-2-3-6-16(12)13(17)8-11-10-20-7-5-14-11;/h11-12,14-15H,2-10H2,1H3;1H. The molecule has 7 nitrogen and oxygen atoms in total. The normalized spacial score (nSPS) is 26.3. The first-order chi connectivity index (χ1) is 9.96. The monoisotopic (exact) mass is 355 g/mol. The summed E-state index contributed by atoms with van der Waals surface area (Å²) in [5.41, 5.74) is 0. The number of hydrogen-bond donors (Lipinski definition) is 2. The van der Waals surface area contributed by atoms with Gasteiger partial charge in [0, 0.05) is 38.1 Å². The lowest BCUT2D eigenvalue weighted by Gasteiger charge is -2.37. The highest BCUT2D eigenvalue weighted by atomic mass is 35.5. The van der Waals surface area contributed by atoms with Gasteiger partial charge in [-0.1, -0.05) is 0 Å². The van der Waals surface area contributed by atoms with Crippen LogP contribution in [-0.4, -0.2) is 70.4 Å². The summed E-state index contributed by atoms with van der Waals surface area (Å²) in [6.07, 6.45) is 4.42. The van der Waals surface area contributed by atoms with E-state index in [2.05, 4.69) is 10.0 Å². The number of ether oxygens (including phenoxy) is 1. The zero-order valence-electron chi connectivity index (χ0n) is 12.9. The highest BCUT2D eigenvalue weighted by molar-refractivity contribution is 7.88. The number of nitrogens with zero attached hydrogens (tertiary/aromatic N) is 1. The number of amides is 1. The minimum absolute atomic E-state index is 0. The van der Waals surface area contributed by atoms with Gasteiger partial charge in [-0.15, -0.1) is 12.4 Å². The van der Waals surface area contributed by atoms with Crippen LogP contribution in [0.4, 0.5) is 0 Å². The van der Waals surface area contributed by atoms with Gasteiger partial charge in [-0.2, -0.15) is 0 Å². The molecule has 2 saturated heterocycles. The quantitative estimate of drug-likeness (QED) is 0.708. The third kappa shape index (κ3) is 6.37. The SMILES string of the molecule is CS(=O)(=O)NCC1CCCCN1C(=O)CC1COCCN1.Cl. The van der Waals surface area contributed by atoms with Crippen molar-refractivity contribution in [2.24, 2.45) is 0 Å². The van der Waals surface area contributed by atoms with Crippen molar-refractivity contribution in [3.8, 4) is 0 Å². The van der Waals surface area contributed by atoms with E-state index in [9.17, 15) is 13.2 Å². The number of halogens is 1. The minimum atomic E-state index is -3.22. The zero-order chi connectivity index (χ0) is 15.3. The smallest absolute Gasteiger partial charge is 0.224 e. The van der Waals surface area contributed by atoms with Crippen LogP contribution in [0.5, 0.6) is 0 Å². The lowest BCUT2D eigenvalue weighted by Crippen LogP contribution is -2.52. The predicted molar refractivity (Wildman–Crippen MR) is 86.7 cm³/mol. The van der Waals surface area contributed by atoms with E-state index in [1.54, 1.807) is 0 Å². The van der Waals surface area contributed by atoms with Gasteiger partial charge in [0.15, 0.2) is 0 Å². The lowest BCUT2D eigenvalue weighted by molar-refractivity contribution is -0.136. The van der Waals surface area contributed by atoms with E-state index >= 15 is 0 Å². The molecule has 0 spiro atoms. The fourth-order valence-electron chi connectivity index (χ4n) is 2.87. The molecule has 0 aliphatic carbocycles. The van der Waals surface area contributed by atoms with Crippen LogP contribution >= 0.6 is 12.4 Å². The Kier molecular flexibility index (Phi) is 8.06. The molecular weight excluding hydrogens is 330 g/mol. The number of likely N-dealkylation sites (tertiary alicyclic amines) is 1. The first kappa shape index (κ1) is 19.6. The number of rotatable bonds is 5. The summed E-state index contributed by atoms with van der Waals surface area (Å²) in [7, 11) is -3.22. The molecular formula is C13H26ClN3O4S. The van der Waals surface area contributed by atoms with Crippen molar-refractivity contribution in [1.82, 2.24) is 14.9 Å². The zero-order valence-corrected chi connectivity index (χ0v) is 14.5. The maximum Gasteiger partial charge on any atom is 0.224 e. The average molecular weight is 356 g/mol. The molecule has 0 aromatic rings. The Balaban J connectivity index is 0.00000242. The molecule has 2 heterocycles. The molecule has 2 aliphatic rings. The van der Waals surface area contributed by atoms with Crippen LogP contribution in [0.1, 0.15) is 25.7 Å². The third-order valence-corrected chi connectivity index (χ3v) is 4.64. The Hall–Kier alpha value is -0.410. The van der Waals surface area contributed by atoms with Crippen LogP contribution < -0.4 is 10.0 Å². The van der Waals surface area contributed by atoms with Crippen molar-refractivity contribution < 1.29 is 17.9 Å². The molecule has 1 amide bonds. The highest BCUT2D eigenvalue weighted by Crippen LogP contribution is 2.18. The van der Waals surface area contributed by atoms with Crippen molar-refractivity contribution in [2.75, 3.05) is 39.1 Å². The summed E-state index contributed by atoms with van der Waals surface area (Å²) in [6, 6.07) is 0.0298. The molecule has 2 N–H and O–H groups in total. The van der Waals surface area contributed by atoms with Gasteiger partial charge in [0.05, 0.1) is 19.5 Å². The van der Waals surface area contributed by atoms with E-state index < -0.39 is 10.0 Å². The number of sulfonamides is 1. The number of piperidine rings is 1. The maximum absolute atomic E-state index is 12.5. The molecule has 2 unspecified atom stereocenters. The second-order valence-corrected chi connectivity index (χ2v) is 7.62. The fourth-order valence-corrected chi connectivity index (χ4v) is 3.36. The molecule has 0 bridgehead atoms. The van der Waals surface area contributed by atoms with E-state index in [1.165, 1.54) is 0 Å². The van der Waals surface area contributed by atoms with Crippen LogP contribution in [0.15, 0.2) is 0 Å². The number of carbonyl (C=O) groups excluding carboxylic acids is 1. The van der Waals surface area contributed by atoms with E-state index in [4.69, 9.17) is 4.74 Å². The molecule has 130 valence electrons. The number of nitrogens with one attached hydrogen (secondary N) is 2. The Bertz CT molecular complexity index is 454. The van der Waals surface area contributed by atoms with Crippen molar-refractivity contribution in [3.63, 3.8) is 0 Å². The second kappa shape index (κ2) is 9.02. The largest absolute Gasteiger partial charge is 0.378 e. The molecule has 2 fully saturated rings. The third-order valence-electron chi connectivity index (χ3n) is 3.95. The Morgan fingerprint density at radius 2 is 2.18 bits per heavy atom. The number of morpholine rings is 1. The van der Waals surface area contributed by atoms with Crippen LogP contribution in [-0.2, 0) is 19.6 Å².